The molecule has 0 saturated carbocycles. The fraction of sp³-hybridized carbons (Fsp3) is 0.312. The van der Waals surface area contributed by atoms with Gasteiger partial charge in [0.15, 0.2) is 0 Å². The van der Waals surface area contributed by atoms with E-state index in [0.717, 1.165) is 24.5 Å². The third-order valence-corrected chi connectivity index (χ3v) is 3.10. The maximum absolute atomic E-state index is 11.0. The van der Waals surface area contributed by atoms with Crippen LogP contribution in [-0.4, -0.2) is 16.1 Å². The summed E-state index contributed by atoms with van der Waals surface area (Å²) in [5.41, 5.74) is 4.28. The molecule has 128 valence electrons. The number of nitro benzene ring substituents is 2. The molecule has 0 aliphatic heterocycles. The van der Waals surface area contributed by atoms with E-state index in [0.29, 0.717) is 0 Å². The zero-order chi connectivity index (χ0) is 18.1. The van der Waals surface area contributed by atoms with Crippen LogP contribution < -0.4 is 5.43 Å². The first-order chi connectivity index (χ1) is 11.3. The summed E-state index contributed by atoms with van der Waals surface area (Å²) in [6.07, 6.45) is 7.30. The minimum atomic E-state index is -0.689. The average molecular weight is 332 g/mol. The van der Waals surface area contributed by atoms with Crippen LogP contribution in [0.5, 0.6) is 0 Å². The topological polar surface area (TPSA) is 111 Å². The lowest BCUT2D eigenvalue weighted by atomic mass is 10.1. The van der Waals surface area contributed by atoms with Crippen LogP contribution in [-0.2, 0) is 0 Å². The lowest BCUT2D eigenvalue weighted by Crippen LogP contribution is -1.98. The van der Waals surface area contributed by atoms with Gasteiger partial charge in [-0.2, -0.15) is 5.10 Å². The van der Waals surface area contributed by atoms with Crippen LogP contribution in [0.15, 0.2) is 46.6 Å². The molecule has 0 aliphatic rings. The smallest absolute Gasteiger partial charge is 0.272 e. The SMILES string of the molecule is CC(C)=CCCC(C)=CC=NNc1ccc([N+](=O)[O-])cc1[N+](=O)[O-]. The van der Waals surface area contributed by atoms with E-state index >= 15 is 0 Å². The van der Waals surface area contributed by atoms with Gasteiger partial charge in [0, 0.05) is 12.3 Å². The first-order valence-electron chi connectivity index (χ1n) is 7.32. The summed E-state index contributed by atoms with van der Waals surface area (Å²) in [4.78, 5) is 20.3. The van der Waals surface area contributed by atoms with Crippen molar-refractivity contribution in [3.05, 3.63) is 61.7 Å². The number of hydrogen-bond donors (Lipinski definition) is 1. The van der Waals surface area contributed by atoms with Gasteiger partial charge in [0.2, 0.25) is 0 Å². The summed E-state index contributed by atoms with van der Waals surface area (Å²) in [6.45, 7) is 6.06. The Balaban J connectivity index is 2.74. The molecule has 1 aromatic carbocycles. The number of non-ortho nitro benzene ring substituents is 1. The van der Waals surface area contributed by atoms with Gasteiger partial charge in [-0.05, 0) is 45.8 Å². The molecule has 0 heterocycles. The Morgan fingerprint density at radius 1 is 1.21 bits per heavy atom. The van der Waals surface area contributed by atoms with Crippen molar-refractivity contribution < 1.29 is 9.85 Å². The maximum atomic E-state index is 11.0. The molecular formula is C16H20N4O4. The summed E-state index contributed by atoms with van der Waals surface area (Å²) in [6, 6.07) is 3.35. The second-order valence-corrected chi connectivity index (χ2v) is 5.44. The molecule has 0 fully saturated rings. The van der Waals surface area contributed by atoms with Crippen LogP contribution in [0.3, 0.4) is 0 Å². The van der Waals surface area contributed by atoms with E-state index in [4.69, 9.17) is 0 Å². The molecule has 0 bridgehead atoms. The third-order valence-electron chi connectivity index (χ3n) is 3.10. The Hall–Kier alpha value is -3.03. The van der Waals surface area contributed by atoms with E-state index in [1.165, 1.54) is 23.9 Å². The standard InChI is InChI=1S/C16H20N4O4/c1-12(2)5-4-6-13(3)9-10-17-18-15-8-7-14(19(21)22)11-16(15)20(23)24/h5,7-11,18H,4,6H2,1-3H3. The van der Waals surface area contributed by atoms with E-state index in [9.17, 15) is 20.2 Å². The van der Waals surface area contributed by atoms with Crippen molar-refractivity contribution in [2.24, 2.45) is 5.10 Å². The van der Waals surface area contributed by atoms with Crippen molar-refractivity contribution in [3.8, 4) is 0 Å². The van der Waals surface area contributed by atoms with Crippen LogP contribution in [0.25, 0.3) is 0 Å². The number of nitrogens with one attached hydrogen (secondary N) is 1. The van der Waals surface area contributed by atoms with Crippen molar-refractivity contribution in [2.45, 2.75) is 33.6 Å². The van der Waals surface area contributed by atoms with Gasteiger partial charge in [-0.15, -0.1) is 0 Å². The van der Waals surface area contributed by atoms with Gasteiger partial charge in [0.05, 0.1) is 15.9 Å². The van der Waals surface area contributed by atoms with Crippen molar-refractivity contribution in [3.63, 3.8) is 0 Å². The monoisotopic (exact) mass is 332 g/mol. The summed E-state index contributed by atoms with van der Waals surface area (Å²) in [5.74, 6) is 0. The molecule has 1 N–H and O–H groups in total. The van der Waals surface area contributed by atoms with Crippen molar-refractivity contribution >= 4 is 23.3 Å². The molecule has 8 nitrogen and oxygen atoms in total. The van der Waals surface area contributed by atoms with Gasteiger partial charge in [-0.1, -0.05) is 17.2 Å². The van der Waals surface area contributed by atoms with E-state index in [2.05, 4.69) is 16.6 Å². The molecule has 0 aromatic heterocycles. The fourth-order valence-corrected chi connectivity index (χ4v) is 1.82. The Bertz CT molecular complexity index is 704. The lowest BCUT2D eigenvalue weighted by molar-refractivity contribution is -0.393. The third kappa shape index (κ3) is 6.39. The molecule has 0 spiro atoms. The zero-order valence-corrected chi connectivity index (χ0v) is 13.9. The molecule has 1 rings (SSSR count). The molecule has 0 atom stereocenters. The highest BCUT2D eigenvalue weighted by atomic mass is 16.6. The van der Waals surface area contributed by atoms with E-state index < -0.39 is 15.5 Å². The normalized spacial score (nSPS) is 11.4. The Kier molecular flexibility index (Phi) is 7.28. The Morgan fingerprint density at radius 3 is 2.50 bits per heavy atom. The van der Waals surface area contributed by atoms with Crippen LogP contribution in [0.4, 0.5) is 17.1 Å². The van der Waals surface area contributed by atoms with E-state index in [1.54, 1.807) is 0 Å². The molecular weight excluding hydrogens is 312 g/mol. The summed E-state index contributed by atoms with van der Waals surface area (Å²) in [5, 5.41) is 25.6. The summed E-state index contributed by atoms with van der Waals surface area (Å²) < 4.78 is 0. The van der Waals surface area contributed by atoms with Gasteiger partial charge >= 0.3 is 5.69 Å². The van der Waals surface area contributed by atoms with Gasteiger partial charge in [-0.3, -0.25) is 25.7 Å². The maximum Gasteiger partial charge on any atom is 0.301 e. The number of nitrogens with zero attached hydrogens (tertiary/aromatic N) is 3. The fourth-order valence-electron chi connectivity index (χ4n) is 1.82. The largest absolute Gasteiger partial charge is 0.301 e. The molecule has 24 heavy (non-hydrogen) atoms. The number of anilines is 1. The predicted octanol–water partition coefficient (Wildman–Crippen LogP) is 4.59. The van der Waals surface area contributed by atoms with E-state index in [1.807, 2.05) is 26.8 Å². The highest BCUT2D eigenvalue weighted by Crippen LogP contribution is 2.28. The van der Waals surface area contributed by atoms with Crippen LogP contribution in [0, 0.1) is 20.2 Å². The van der Waals surface area contributed by atoms with Gasteiger partial charge in [-0.25, -0.2) is 0 Å². The second kappa shape index (κ2) is 9.19. The number of benzene rings is 1. The van der Waals surface area contributed by atoms with Gasteiger partial charge < -0.3 is 0 Å². The minimum Gasteiger partial charge on any atom is -0.272 e. The molecule has 1 aromatic rings. The first-order valence-corrected chi connectivity index (χ1v) is 7.32. The number of hydrogen-bond acceptors (Lipinski definition) is 6. The molecule has 0 radical (unpaired) electrons. The number of hydrazone groups is 1. The molecule has 0 unspecified atom stereocenters. The van der Waals surface area contributed by atoms with Crippen LogP contribution in [0.2, 0.25) is 0 Å². The molecule has 0 saturated heterocycles. The zero-order valence-electron chi connectivity index (χ0n) is 13.9. The number of rotatable bonds is 8. The highest BCUT2D eigenvalue weighted by molar-refractivity contribution is 5.74. The highest BCUT2D eigenvalue weighted by Gasteiger charge is 2.18. The second-order valence-electron chi connectivity index (χ2n) is 5.44. The first kappa shape index (κ1) is 19.0. The van der Waals surface area contributed by atoms with Crippen molar-refractivity contribution in [2.75, 3.05) is 5.43 Å². The van der Waals surface area contributed by atoms with Gasteiger partial charge in [0.25, 0.3) is 5.69 Å². The Morgan fingerprint density at radius 2 is 1.92 bits per heavy atom. The van der Waals surface area contributed by atoms with E-state index in [-0.39, 0.29) is 11.4 Å². The van der Waals surface area contributed by atoms with Crippen molar-refractivity contribution in [1.29, 1.82) is 0 Å². The number of allylic oxidation sites excluding steroid dienone is 4. The average Bonchev–Trinajstić information content (AvgIpc) is 2.50. The summed E-state index contributed by atoms with van der Waals surface area (Å²) in [7, 11) is 0. The Labute approximate surface area is 139 Å². The minimum absolute atomic E-state index is 0.0949. The van der Waals surface area contributed by atoms with Crippen molar-refractivity contribution in [1.82, 2.24) is 0 Å². The predicted molar refractivity (Wildman–Crippen MR) is 94.3 cm³/mol. The van der Waals surface area contributed by atoms with Gasteiger partial charge in [0.1, 0.15) is 5.69 Å². The quantitative estimate of drug-likeness (QED) is 0.324. The lowest BCUT2D eigenvalue weighted by Gasteiger charge is -2.01. The molecule has 0 amide bonds. The summed E-state index contributed by atoms with van der Waals surface area (Å²) >= 11 is 0. The van der Waals surface area contributed by atoms with Crippen LogP contribution in [0.1, 0.15) is 33.6 Å². The van der Waals surface area contributed by atoms with Crippen LogP contribution >= 0.6 is 0 Å². The molecule has 0 aliphatic carbocycles. The molecule has 8 heteroatoms. The number of nitro groups is 2.